The van der Waals surface area contributed by atoms with Crippen molar-refractivity contribution in [2.45, 2.75) is 19.5 Å². The maximum atomic E-state index is 12.5. The summed E-state index contributed by atoms with van der Waals surface area (Å²) >= 11 is 5.69. The van der Waals surface area contributed by atoms with Crippen LogP contribution in [0.4, 0.5) is 18.9 Å². The molecule has 110 valence electrons. The molecule has 0 aromatic heterocycles. The van der Waals surface area contributed by atoms with Crippen LogP contribution in [0.15, 0.2) is 18.2 Å². The summed E-state index contributed by atoms with van der Waals surface area (Å²) in [5.41, 5.74) is -1.16. The molecule has 0 atom stereocenters. The topological polar surface area (TPSA) is 55.4 Å². The standard InChI is InChI=1S/C12H11ClF3NO3/c1-2-20-11(19)6-10(18)17-9-5-7(12(14,15)16)3-4-8(9)13/h3-5H,2,6H2,1H3,(H,17,18). The molecule has 1 amide bonds. The van der Waals surface area contributed by atoms with Gasteiger partial charge in [0.05, 0.1) is 22.9 Å². The summed E-state index contributed by atoms with van der Waals surface area (Å²) in [6.07, 6.45) is -5.15. The lowest BCUT2D eigenvalue weighted by Crippen LogP contribution is -2.18. The van der Waals surface area contributed by atoms with Crippen LogP contribution < -0.4 is 5.32 Å². The summed E-state index contributed by atoms with van der Waals surface area (Å²) in [6.45, 7) is 1.68. The number of rotatable bonds is 4. The molecule has 0 aliphatic rings. The van der Waals surface area contributed by atoms with Gasteiger partial charge >= 0.3 is 12.1 Å². The summed E-state index contributed by atoms with van der Waals surface area (Å²) < 4.78 is 42.1. The van der Waals surface area contributed by atoms with E-state index >= 15 is 0 Å². The fourth-order valence-electron chi connectivity index (χ4n) is 1.33. The Bertz CT molecular complexity index is 517. The van der Waals surface area contributed by atoms with E-state index in [0.29, 0.717) is 6.07 Å². The highest BCUT2D eigenvalue weighted by Crippen LogP contribution is 2.33. The quantitative estimate of drug-likeness (QED) is 0.686. The van der Waals surface area contributed by atoms with Gasteiger partial charge in [0, 0.05) is 0 Å². The molecule has 1 N–H and O–H groups in total. The number of ether oxygens (including phenoxy) is 1. The van der Waals surface area contributed by atoms with Crippen LogP contribution in [0.2, 0.25) is 5.02 Å². The van der Waals surface area contributed by atoms with E-state index in [2.05, 4.69) is 10.1 Å². The van der Waals surface area contributed by atoms with E-state index in [0.717, 1.165) is 12.1 Å². The Kier molecular flexibility index (Phi) is 5.38. The first kappa shape index (κ1) is 16.3. The first-order valence-corrected chi connectivity index (χ1v) is 5.94. The van der Waals surface area contributed by atoms with Gasteiger partial charge in [-0.2, -0.15) is 13.2 Å². The summed E-state index contributed by atoms with van der Waals surface area (Å²) in [4.78, 5) is 22.5. The highest BCUT2D eigenvalue weighted by molar-refractivity contribution is 6.33. The van der Waals surface area contributed by atoms with E-state index in [-0.39, 0.29) is 17.3 Å². The average molecular weight is 310 g/mol. The van der Waals surface area contributed by atoms with Gasteiger partial charge in [0.15, 0.2) is 0 Å². The minimum absolute atomic E-state index is 0.0600. The third kappa shape index (κ3) is 4.73. The maximum Gasteiger partial charge on any atom is 0.416 e. The molecule has 0 bridgehead atoms. The molecule has 4 nitrogen and oxygen atoms in total. The highest BCUT2D eigenvalue weighted by Gasteiger charge is 2.31. The smallest absolute Gasteiger partial charge is 0.416 e. The number of anilines is 1. The SMILES string of the molecule is CCOC(=O)CC(=O)Nc1cc(C(F)(F)F)ccc1Cl. The number of carbonyl (C=O) groups excluding carboxylic acids is 2. The second-order valence-electron chi connectivity index (χ2n) is 3.72. The minimum atomic E-state index is -4.55. The number of nitrogens with one attached hydrogen (secondary N) is 1. The lowest BCUT2D eigenvalue weighted by atomic mass is 10.2. The predicted molar refractivity (Wildman–Crippen MR) is 66.3 cm³/mol. The molecule has 8 heteroatoms. The molecule has 0 fully saturated rings. The lowest BCUT2D eigenvalue weighted by molar-refractivity contribution is -0.145. The third-order valence-corrected chi connectivity index (χ3v) is 2.51. The number of alkyl halides is 3. The van der Waals surface area contributed by atoms with Crippen molar-refractivity contribution in [3.63, 3.8) is 0 Å². The Morgan fingerprint density at radius 3 is 2.55 bits per heavy atom. The molecule has 0 heterocycles. The van der Waals surface area contributed by atoms with Crippen molar-refractivity contribution in [2.75, 3.05) is 11.9 Å². The van der Waals surface area contributed by atoms with Crippen LogP contribution in [0.25, 0.3) is 0 Å². The Labute approximate surface area is 117 Å². The fourth-order valence-corrected chi connectivity index (χ4v) is 1.50. The van der Waals surface area contributed by atoms with Gasteiger partial charge in [0.2, 0.25) is 5.91 Å². The number of hydrogen-bond acceptors (Lipinski definition) is 3. The molecule has 0 radical (unpaired) electrons. The van der Waals surface area contributed by atoms with E-state index in [4.69, 9.17) is 11.6 Å². The van der Waals surface area contributed by atoms with Gasteiger partial charge in [0.1, 0.15) is 6.42 Å². The molecule has 1 aromatic carbocycles. The van der Waals surface area contributed by atoms with E-state index in [1.54, 1.807) is 6.92 Å². The number of carbonyl (C=O) groups is 2. The monoisotopic (exact) mass is 309 g/mol. The second kappa shape index (κ2) is 6.60. The third-order valence-electron chi connectivity index (χ3n) is 2.18. The number of hydrogen-bond donors (Lipinski definition) is 1. The Morgan fingerprint density at radius 2 is 2.00 bits per heavy atom. The predicted octanol–water partition coefficient (Wildman–Crippen LogP) is 3.25. The molecule has 0 aliphatic heterocycles. The van der Waals surface area contributed by atoms with Crippen LogP contribution in [-0.4, -0.2) is 18.5 Å². The largest absolute Gasteiger partial charge is 0.466 e. The van der Waals surface area contributed by atoms with Crippen LogP contribution in [0.3, 0.4) is 0 Å². The zero-order chi connectivity index (χ0) is 15.3. The van der Waals surface area contributed by atoms with Gasteiger partial charge in [-0.05, 0) is 25.1 Å². The van der Waals surface area contributed by atoms with Crippen molar-refractivity contribution >= 4 is 29.2 Å². The van der Waals surface area contributed by atoms with Gasteiger partial charge < -0.3 is 10.1 Å². The highest BCUT2D eigenvalue weighted by atomic mass is 35.5. The lowest BCUT2D eigenvalue weighted by Gasteiger charge is -2.11. The normalized spacial score (nSPS) is 11.1. The van der Waals surface area contributed by atoms with Crippen LogP contribution in [0.5, 0.6) is 0 Å². The summed E-state index contributed by atoms with van der Waals surface area (Å²) in [7, 11) is 0. The summed E-state index contributed by atoms with van der Waals surface area (Å²) in [6, 6.07) is 2.51. The Morgan fingerprint density at radius 1 is 1.35 bits per heavy atom. The van der Waals surface area contributed by atoms with Crippen molar-refractivity contribution in [3.8, 4) is 0 Å². The van der Waals surface area contributed by atoms with Crippen LogP contribution in [-0.2, 0) is 20.5 Å². The number of esters is 1. The molecule has 1 rings (SSSR count). The molecule has 0 spiro atoms. The maximum absolute atomic E-state index is 12.5. The fraction of sp³-hybridized carbons (Fsp3) is 0.333. The zero-order valence-electron chi connectivity index (χ0n) is 10.4. The molecule has 0 saturated heterocycles. The van der Waals surface area contributed by atoms with E-state index in [9.17, 15) is 22.8 Å². The first-order valence-electron chi connectivity index (χ1n) is 5.56. The van der Waals surface area contributed by atoms with E-state index in [1.807, 2.05) is 0 Å². The molecule has 0 saturated carbocycles. The van der Waals surface area contributed by atoms with Gasteiger partial charge in [0.25, 0.3) is 0 Å². The van der Waals surface area contributed by atoms with Gasteiger partial charge in [-0.25, -0.2) is 0 Å². The molecule has 0 aliphatic carbocycles. The zero-order valence-corrected chi connectivity index (χ0v) is 11.1. The van der Waals surface area contributed by atoms with Crippen LogP contribution >= 0.6 is 11.6 Å². The van der Waals surface area contributed by atoms with Crippen LogP contribution in [0.1, 0.15) is 18.9 Å². The molecular formula is C12H11ClF3NO3. The van der Waals surface area contributed by atoms with Crippen molar-refractivity contribution in [1.82, 2.24) is 0 Å². The van der Waals surface area contributed by atoms with E-state index in [1.165, 1.54) is 0 Å². The number of amides is 1. The summed E-state index contributed by atoms with van der Waals surface area (Å²) in [5, 5.41) is 2.08. The molecule has 1 aromatic rings. The Hall–Kier alpha value is -1.76. The minimum Gasteiger partial charge on any atom is -0.466 e. The first-order chi connectivity index (χ1) is 9.24. The van der Waals surface area contributed by atoms with Crippen molar-refractivity contribution < 1.29 is 27.5 Å². The molecule has 0 unspecified atom stereocenters. The van der Waals surface area contributed by atoms with E-state index < -0.39 is 30.0 Å². The van der Waals surface area contributed by atoms with Crippen molar-refractivity contribution in [3.05, 3.63) is 28.8 Å². The molecular weight excluding hydrogens is 299 g/mol. The summed E-state index contributed by atoms with van der Waals surface area (Å²) in [5.74, 6) is -1.57. The molecule has 20 heavy (non-hydrogen) atoms. The van der Waals surface area contributed by atoms with Gasteiger partial charge in [-0.3, -0.25) is 9.59 Å². The average Bonchev–Trinajstić information content (AvgIpc) is 2.30. The number of benzene rings is 1. The Balaban J connectivity index is 2.81. The van der Waals surface area contributed by atoms with Crippen LogP contribution in [0, 0.1) is 0 Å². The number of halogens is 4. The van der Waals surface area contributed by atoms with Gasteiger partial charge in [-0.15, -0.1) is 0 Å². The second-order valence-corrected chi connectivity index (χ2v) is 4.13. The van der Waals surface area contributed by atoms with Crippen molar-refractivity contribution in [2.24, 2.45) is 0 Å². The van der Waals surface area contributed by atoms with Gasteiger partial charge in [-0.1, -0.05) is 11.6 Å². The van der Waals surface area contributed by atoms with Crippen molar-refractivity contribution in [1.29, 1.82) is 0 Å².